The third-order valence-corrected chi connectivity index (χ3v) is 10.8. The van der Waals surface area contributed by atoms with E-state index >= 15 is 0 Å². The highest BCUT2D eigenvalue weighted by molar-refractivity contribution is 5.71. The van der Waals surface area contributed by atoms with Gasteiger partial charge in [0.15, 0.2) is 6.10 Å². The van der Waals surface area contributed by atoms with Gasteiger partial charge in [0.1, 0.15) is 13.2 Å². The number of allylic oxidation sites excluding steroid dienone is 16. The van der Waals surface area contributed by atoms with E-state index in [4.69, 9.17) is 14.2 Å². The fourth-order valence-corrected chi connectivity index (χ4v) is 6.88. The topological polar surface area (TPSA) is 78.9 Å². The van der Waals surface area contributed by atoms with Crippen molar-refractivity contribution >= 4 is 17.9 Å². The second-order valence-corrected chi connectivity index (χ2v) is 16.9. The van der Waals surface area contributed by atoms with E-state index in [-0.39, 0.29) is 37.5 Å². The predicted molar refractivity (Wildman–Crippen MR) is 270 cm³/mol. The maximum absolute atomic E-state index is 12.8. The van der Waals surface area contributed by atoms with E-state index in [0.717, 1.165) is 89.9 Å². The molecule has 1 unspecified atom stereocenters. The van der Waals surface area contributed by atoms with Crippen molar-refractivity contribution in [1.29, 1.82) is 0 Å². The Labute approximate surface area is 387 Å². The number of hydrogen-bond donors (Lipinski definition) is 0. The van der Waals surface area contributed by atoms with Gasteiger partial charge in [-0.25, -0.2) is 0 Å². The van der Waals surface area contributed by atoms with Gasteiger partial charge in [0.2, 0.25) is 0 Å². The van der Waals surface area contributed by atoms with Crippen LogP contribution in [0.3, 0.4) is 0 Å². The van der Waals surface area contributed by atoms with Crippen LogP contribution in [0.5, 0.6) is 0 Å². The molecule has 0 aromatic rings. The molecule has 63 heavy (non-hydrogen) atoms. The van der Waals surface area contributed by atoms with Crippen LogP contribution >= 0.6 is 0 Å². The Bertz CT molecular complexity index is 1280. The standard InChI is InChI=1S/C57H94O6/c1-4-7-10-13-16-19-22-25-27-28-29-31-32-35-38-41-44-47-50-56(59)62-53-54(52-61-55(58)49-46-43-40-37-34-24-21-18-15-12-9-6-3)63-57(60)51-48-45-42-39-36-33-30-26-23-20-17-14-11-8-5-2/h8,11,14,17,20,22-23,25-31,33,36,54H,4-7,9-10,12-13,15-16,18-19,21,24,32,34-35,37-53H2,1-3H3/b11-8-,17-14-,23-20-,25-22-,28-27-,30-26-,31-29-,36-33-. The van der Waals surface area contributed by atoms with E-state index < -0.39 is 6.10 Å². The Morgan fingerprint density at radius 3 is 0.984 bits per heavy atom. The van der Waals surface area contributed by atoms with Crippen LogP contribution in [0.15, 0.2) is 97.2 Å². The molecule has 0 saturated carbocycles. The molecule has 0 rings (SSSR count). The summed E-state index contributed by atoms with van der Waals surface area (Å²) in [5, 5.41) is 0. The Morgan fingerprint density at radius 2 is 0.619 bits per heavy atom. The maximum atomic E-state index is 12.8. The highest BCUT2D eigenvalue weighted by Crippen LogP contribution is 2.14. The van der Waals surface area contributed by atoms with Crippen molar-refractivity contribution in [3.8, 4) is 0 Å². The fraction of sp³-hybridized carbons (Fsp3) is 0.667. The summed E-state index contributed by atoms with van der Waals surface area (Å²) in [6, 6.07) is 0. The quantitative estimate of drug-likeness (QED) is 0.0262. The Kier molecular flexibility index (Phi) is 48.0. The van der Waals surface area contributed by atoms with Crippen LogP contribution in [0.4, 0.5) is 0 Å². The molecule has 0 aliphatic heterocycles. The van der Waals surface area contributed by atoms with Crippen LogP contribution in [-0.4, -0.2) is 37.2 Å². The Balaban J connectivity index is 4.50. The van der Waals surface area contributed by atoms with Gasteiger partial charge in [0.25, 0.3) is 0 Å². The molecule has 0 aliphatic carbocycles. The molecule has 6 nitrogen and oxygen atoms in total. The summed E-state index contributed by atoms with van der Waals surface area (Å²) in [6.07, 6.45) is 66.7. The first kappa shape index (κ1) is 59.3. The number of hydrogen-bond acceptors (Lipinski definition) is 6. The minimum absolute atomic E-state index is 0.101. The highest BCUT2D eigenvalue weighted by atomic mass is 16.6. The molecule has 1 atom stereocenters. The molecule has 358 valence electrons. The maximum Gasteiger partial charge on any atom is 0.306 e. The van der Waals surface area contributed by atoms with Gasteiger partial charge in [-0.05, 0) is 64.2 Å². The number of carbonyl (C=O) groups excluding carboxylic acids is 3. The summed E-state index contributed by atoms with van der Waals surface area (Å²) < 4.78 is 16.7. The summed E-state index contributed by atoms with van der Waals surface area (Å²) in [5.74, 6) is -0.966. The van der Waals surface area contributed by atoms with Gasteiger partial charge in [-0.2, -0.15) is 0 Å². The van der Waals surface area contributed by atoms with Crippen molar-refractivity contribution in [3.05, 3.63) is 97.2 Å². The molecule has 0 aromatic heterocycles. The third-order valence-electron chi connectivity index (χ3n) is 10.8. The van der Waals surface area contributed by atoms with Crippen LogP contribution in [0.25, 0.3) is 0 Å². The van der Waals surface area contributed by atoms with Gasteiger partial charge in [-0.15, -0.1) is 0 Å². The first-order valence-electron chi connectivity index (χ1n) is 25.8. The van der Waals surface area contributed by atoms with Crippen molar-refractivity contribution in [1.82, 2.24) is 0 Å². The summed E-state index contributed by atoms with van der Waals surface area (Å²) in [4.78, 5) is 38.0. The van der Waals surface area contributed by atoms with E-state index in [1.807, 2.05) is 48.6 Å². The number of unbranched alkanes of at least 4 members (excludes halogenated alkanes) is 24. The molecule has 0 saturated heterocycles. The summed E-state index contributed by atoms with van der Waals surface area (Å²) in [6.45, 7) is 6.41. The van der Waals surface area contributed by atoms with Crippen LogP contribution < -0.4 is 0 Å². The molecule has 0 fully saturated rings. The van der Waals surface area contributed by atoms with Gasteiger partial charge in [-0.1, -0.05) is 240 Å². The molecular weight excluding hydrogens is 781 g/mol. The number of esters is 3. The minimum atomic E-state index is -0.807. The lowest BCUT2D eigenvalue weighted by atomic mass is 10.0. The van der Waals surface area contributed by atoms with Gasteiger partial charge >= 0.3 is 17.9 Å². The minimum Gasteiger partial charge on any atom is -0.462 e. The monoisotopic (exact) mass is 875 g/mol. The van der Waals surface area contributed by atoms with E-state index in [9.17, 15) is 14.4 Å². The van der Waals surface area contributed by atoms with Crippen molar-refractivity contribution in [2.75, 3.05) is 13.2 Å². The van der Waals surface area contributed by atoms with Gasteiger partial charge in [0, 0.05) is 19.3 Å². The van der Waals surface area contributed by atoms with Crippen molar-refractivity contribution < 1.29 is 28.6 Å². The van der Waals surface area contributed by atoms with Gasteiger partial charge in [-0.3, -0.25) is 14.4 Å². The van der Waals surface area contributed by atoms with Crippen molar-refractivity contribution in [3.63, 3.8) is 0 Å². The van der Waals surface area contributed by atoms with E-state index in [0.29, 0.717) is 19.3 Å². The van der Waals surface area contributed by atoms with Gasteiger partial charge < -0.3 is 14.2 Å². The molecule has 0 heterocycles. The normalized spacial score (nSPS) is 12.9. The average molecular weight is 875 g/mol. The molecule has 0 N–H and O–H groups in total. The lowest BCUT2D eigenvalue weighted by Crippen LogP contribution is -2.30. The SMILES string of the molecule is CC\C=C/C=C\C=C/C=C\C=C/CCCCCC(=O)OC(COC(=O)CCCCCCC\C=C/C=C\C=C/CCCCCCC)COC(=O)CCCCCCCCCCCCCC. The first-order valence-corrected chi connectivity index (χ1v) is 25.8. The largest absolute Gasteiger partial charge is 0.462 e. The Morgan fingerprint density at radius 1 is 0.333 bits per heavy atom. The molecule has 0 bridgehead atoms. The number of carbonyl (C=O) groups is 3. The lowest BCUT2D eigenvalue weighted by molar-refractivity contribution is -0.167. The van der Waals surface area contributed by atoms with Gasteiger partial charge in [0.05, 0.1) is 0 Å². The average Bonchev–Trinajstić information content (AvgIpc) is 3.28. The van der Waals surface area contributed by atoms with Crippen LogP contribution in [0.2, 0.25) is 0 Å². The molecule has 0 aromatic carbocycles. The molecule has 0 amide bonds. The number of ether oxygens (including phenoxy) is 3. The summed E-state index contributed by atoms with van der Waals surface area (Å²) in [7, 11) is 0. The molecule has 0 spiro atoms. The fourth-order valence-electron chi connectivity index (χ4n) is 6.88. The van der Waals surface area contributed by atoms with E-state index in [1.165, 1.54) is 89.9 Å². The smallest absolute Gasteiger partial charge is 0.306 e. The zero-order chi connectivity index (χ0) is 45.8. The highest BCUT2D eigenvalue weighted by Gasteiger charge is 2.19. The molecule has 6 heteroatoms. The first-order chi connectivity index (χ1) is 31.0. The summed E-state index contributed by atoms with van der Waals surface area (Å²) in [5.41, 5.74) is 0. The van der Waals surface area contributed by atoms with Crippen molar-refractivity contribution in [2.45, 2.75) is 232 Å². The van der Waals surface area contributed by atoms with Crippen LogP contribution in [-0.2, 0) is 28.6 Å². The van der Waals surface area contributed by atoms with E-state index in [1.54, 1.807) is 0 Å². The molecule has 0 radical (unpaired) electrons. The van der Waals surface area contributed by atoms with Crippen molar-refractivity contribution in [2.24, 2.45) is 0 Å². The predicted octanol–water partition coefficient (Wildman–Crippen LogP) is 17.0. The number of rotatable bonds is 45. The second kappa shape index (κ2) is 51.0. The third kappa shape index (κ3) is 49.2. The summed E-state index contributed by atoms with van der Waals surface area (Å²) >= 11 is 0. The zero-order valence-electron chi connectivity index (χ0n) is 40.8. The van der Waals surface area contributed by atoms with Crippen LogP contribution in [0, 0.1) is 0 Å². The zero-order valence-corrected chi connectivity index (χ0v) is 40.8. The Hall–Kier alpha value is -3.67. The van der Waals surface area contributed by atoms with Crippen LogP contribution in [0.1, 0.15) is 226 Å². The second-order valence-electron chi connectivity index (χ2n) is 16.9. The van der Waals surface area contributed by atoms with E-state index in [2.05, 4.69) is 69.4 Å². The molecule has 0 aliphatic rings. The lowest BCUT2D eigenvalue weighted by Gasteiger charge is -2.18. The molecular formula is C57H94O6.